The predicted octanol–water partition coefficient (Wildman–Crippen LogP) is 3.82. The summed E-state index contributed by atoms with van der Waals surface area (Å²) in [6, 6.07) is 10.5. The Morgan fingerprint density at radius 3 is 2.88 bits per heavy atom. The van der Waals surface area contributed by atoms with Gasteiger partial charge in [0.05, 0.1) is 23.3 Å². The fraction of sp³-hybridized carbons (Fsp3) is 0.211. The maximum Gasteiger partial charge on any atom is 0.373 e. The van der Waals surface area contributed by atoms with Gasteiger partial charge in [-0.25, -0.2) is 9.78 Å². The highest BCUT2D eigenvalue weighted by atomic mass is 32.2. The van der Waals surface area contributed by atoms with Gasteiger partial charge in [0.25, 0.3) is 5.56 Å². The first-order valence-corrected chi connectivity index (χ1v) is 8.88. The largest absolute Gasteiger partial charge is 0.463 e. The second kappa shape index (κ2) is 7.61. The molecule has 26 heavy (non-hydrogen) atoms. The van der Waals surface area contributed by atoms with Crippen molar-refractivity contribution in [2.75, 3.05) is 7.11 Å². The molecule has 0 N–H and O–H groups in total. The Morgan fingerprint density at radius 1 is 1.38 bits per heavy atom. The number of fused-ring (bicyclic) bond motifs is 1. The van der Waals surface area contributed by atoms with Crippen LogP contribution in [-0.2, 0) is 11.3 Å². The van der Waals surface area contributed by atoms with Crippen molar-refractivity contribution in [2.45, 2.75) is 23.9 Å². The lowest BCUT2D eigenvalue weighted by molar-refractivity contribution is 0.0563. The van der Waals surface area contributed by atoms with Crippen LogP contribution in [0.3, 0.4) is 0 Å². The van der Waals surface area contributed by atoms with Gasteiger partial charge >= 0.3 is 5.97 Å². The molecule has 6 nitrogen and oxygen atoms in total. The SMILES string of the molecule is C=CCn1c(SC(C)c2ccc(C(=O)OC)o2)nc2ccccc2c1=O. The number of para-hydroxylation sites is 1. The third kappa shape index (κ3) is 3.43. The maximum atomic E-state index is 12.8. The Morgan fingerprint density at radius 2 is 2.15 bits per heavy atom. The molecule has 0 aliphatic heterocycles. The minimum Gasteiger partial charge on any atom is -0.463 e. The number of carbonyl (C=O) groups excluding carboxylic acids is 1. The van der Waals surface area contributed by atoms with Crippen molar-refractivity contribution in [3.8, 4) is 0 Å². The number of hydrogen-bond acceptors (Lipinski definition) is 6. The zero-order valence-corrected chi connectivity index (χ0v) is 15.3. The number of hydrogen-bond donors (Lipinski definition) is 0. The Bertz CT molecular complexity index is 1020. The smallest absolute Gasteiger partial charge is 0.373 e. The lowest BCUT2D eigenvalue weighted by Crippen LogP contribution is -2.22. The van der Waals surface area contributed by atoms with E-state index in [1.807, 2.05) is 25.1 Å². The molecular weight excluding hydrogens is 352 g/mol. The summed E-state index contributed by atoms with van der Waals surface area (Å²) in [7, 11) is 1.30. The van der Waals surface area contributed by atoms with Crippen LogP contribution >= 0.6 is 11.8 Å². The van der Waals surface area contributed by atoms with Crippen molar-refractivity contribution in [3.63, 3.8) is 0 Å². The molecule has 0 spiro atoms. The summed E-state index contributed by atoms with van der Waals surface area (Å²) in [5.41, 5.74) is 0.530. The Balaban J connectivity index is 1.98. The Hall–Kier alpha value is -2.80. The second-order valence-corrected chi connectivity index (χ2v) is 6.88. The van der Waals surface area contributed by atoms with Gasteiger partial charge in [0.2, 0.25) is 5.76 Å². The monoisotopic (exact) mass is 370 g/mol. The number of ether oxygens (including phenoxy) is 1. The molecule has 0 radical (unpaired) electrons. The molecule has 0 saturated heterocycles. The Labute approximate surface area is 154 Å². The molecule has 0 amide bonds. The molecule has 2 heterocycles. The lowest BCUT2D eigenvalue weighted by Gasteiger charge is -2.14. The highest BCUT2D eigenvalue weighted by Gasteiger charge is 2.19. The molecule has 1 unspecified atom stereocenters. The van der Waals surface area contributed by atoms with Gasteiger partial charge in [-0.1, -0.05) is 30.0 Å². The van der Waals surface area contributed by atoms with Crippen LogP contribution in [0.25, 0.3) is 10.9 Å². The van der Waals surface area contributed by atoms with Crippen LogP contribution in [0.2, 0.25) is 0 Å². The van der Waals surface area contributed by atoms with Gasteiger partial charge in [0.1, 0.15) is 5.76 Å². The fourth-order valence-corrected chi connectivity index (χ4v) is 3.52. The van der Waals surface area contributed by atoms with Crippen LogP contribution in [0.15, 0.2) is 63.4 Å². The summed E-state index contributed by atoms with van der Waals surface area (Å²) in [5, 5.41) is 0.979. The number of aromatic nitrogens is 2. The van der Waals surface area contributed by atoms with E-state index in [0.29, 0.717) is 28.4 Å². The zero-order valence-electron chi connectivity index (χ0n) is 14.5. The summed E-state index contributed by atoms with van der Waals surface area (Å²) in [4.78, 5) is 28.9. The van der Waals surface area contributed by atoms with E-state index in [0.717, 1.165) is 0 Å². The summed E-state index contributed by atoms with van der Waals surface area (Å²) < 4.78 is 11.8. The number of thioether (sulfide) groups is 1. The number of methoxy groups -OCH3 is 1. The van der Waals surface area contributed by atoms with E-state index in [2.05, 4.69) is 16.3 Å². The number of carbonyl (C=O) groups is 1. The van der Waals surface area contributed by atoms with Crippen LogP contribution < -0.4 is 5.56 Å². The molecule has 134 valence electrons. The standard InChI is InChI=1S/C19H18N2O4S/c1-4-11-21-17(22)13-7-5-6-8-14(13)20-19(21)26-12(2)15-9-10-16(25-15)18(23)24-3/h4-10,12H,1,11H2,2-3H3. The summed E-state index contributed by atoms with van der Waals surface area (Å²) >= 11 is 1.38. The normalized spacial score (nSPS) is 12.1. The van der Waals surface area contributed by atoms with Crippen molar-refractivity contribution in [1.29, 1.82) is 0 Å². The summed E-state index contributed by atoms with van der Waals surface area (Å²) in [5.74, 6) is 0.216. The molecule has 2 aromatic heterocycles. The molecule has 0 aliphatic carbocycles. The van der Waals surface area contributed by atoms with Crippen LogP contribution in [0, 0.1) is 0 Å². The van der Waals surface area contributed by atoms with E-state index in [4.69, 9.17) is 4.42 Å². The van der Waals surface area contributed by atoms with Crippen molar-refractivity contribution in [3.05, 3.63) is 70.9 Å². The summed E-state index contributed by atoms with van der Waals surface area (Å²) in [6.07, 6.45) is 1.66. The first-order valence-electron chi connectivity index (χ1n) is 8.00. The van der Waals surface area contributed by atoms with E-state index in [-0.39, 0.29) is 16.6 Å². The molecule has 3 rings (SSSR count). The molecule has 7 heteroatoms. The second-order valence-electron chi connectivity index (χ2n) is 5.57. The fourth-order valence-electron chi connectivity index (χ4n) is 2.53. The van der Waals surface area contributed by atoms with Crippen LogP contribution in [0.1, 0.15) is 28.5 Å². The molecule has 3 aromatic rings. The molecule has 0 saturated carbocycles. The highest BCUT2D eigenvalue weighted by Crippen LogP contribution is 2.34. The number of allylic oxidation sites excluding steroid dienone is 1. The molecule has 1 atom stereocenters. The van der Waals surface area contributed by atoms with Gasteiger partial charge < -0.3 is 9.15 Å². The molecule has 0 bridgehead atoms. The number of nitrogens with zero attached hydrogens (tertiary/aromatic N) is 2. The van der Waals surface area contributed by atoms with Crippen molar-refractivity contribution in [2.24, 2.45) is 0 Å². The number of furan rings is 1. The van der Waals surface area contributed by atoms with Crippen molar-refractivity contribution in [1.82, 2.24) is 9.55 Å². The summed E-state index contributed by atoms with van der Waals surface area (Å²) in [6.45, 7) is 6.00. The molecule has 0 fully saturated rings. The lowest BCUT2D eigenvalue weighted by atomic mass is 10.2. The van der Waals surface area contributed by atoms with Crippen LogP contribution in [-0.4, -0.2) is 22.6 Å². The van der Waals surface area contributed by atoms with E-state index in [9.17, 15) is 9.59 Å². The van der Waals surface area contributed by atoms with Gasteiger partial charge in [-0.15, -0.1) is 6.58 Å². The third-order valence-electron chi connectivity index (χ3n) is 3.83. The maximum absolute atomic E-state index is 12.8. The number of esters is 1. The van der Waals surface area contributed by atoms with Gasteiger partial charge in [-0.2, -0.15) is 0 Å². The van der Waals surface area contributed by atoms with E-state index in [1.165, 1.54) is 18.9 Å². The van der Waals surface area contributed by atoms with Crippen LogP contribution in [0.5, 0.6) is 0 Å². The zero-order chi connectivity index (χ0) is 18.7. The quantitative estimate of drug-likeness (QED) is 0.284. The van der Waals surface area contributed by atoms with Crippen LogP contribution in [0.4, 0.5) is 0 Å². The van der Waals surface area contributed by atoms with E-state index >= 15 is 0 Å². The van der Waals surface area contributed by atoms with E-state index in [1.54, 1.807) is 28.8 Å². The highest BCUT2D eigenvalue weighted by molar-refractivity contribution is 7.99. The predicted molar refractivity (Wildman–Crippen MR) is 101 cm³/mol. The topological polar surface area (TPSA) is 74.3 Å². The molecule has 1 aromatic carbocycles. The van der Waals surface area contributed by atoms with Gasteiger partial charge in [0, 0.05) is 6.54 Å². The average molecular weight is 370 g/mol. The first kappa shape index (κ1) is 18.0. The minimum atomic E-state index is -0.527. The van der Waals surface area contributed by atoms with Gasteiger partial charge in [0.15, 0.2) is 5.16 Å². The third-order valence-corrected chi connectivity index (χ3v) is 4.94. The molecular formula is C19H18N2O4S. The van der Waals surface area contributed by atoms with Gasteiger partial charge in [-0.3, -0.25) is 9.36 Å². The minimum absolute atomic E-state index is 0.111. The van der Waals surface area contributed by atoms with Crippen molar-refractivity contribution < 1.29 is 13.9 Å². The Kier molecular flexibility index (Phi) is 5.27. The molecule has 0 aliphatic rings. The number of rotatable bonds is 6. The average Bonchev–Trinajstić information content (AvgIpc) is 3.14. The van der Waals surface area contributed by atoms with Crippen molar-refractivity contribution >= 4 is 28.6 Å². The first-order chi connectivity index (χ1) is 12.5. The number of benzene rings is 1. The van der Waals surface area contributed by atoms with Gasteiger partial charge in [-0.05, 0) is 31.2 Å². The van der Waals surface area contributed by atoms with E-state index < -0.39 is 5.97 Å².